The average Bonchev–Trinajstić information content (AvgIpc) is 2.31. The van der Waals surface area contributed by atoms with Gasteiger partial charge in [0.15, 0.2) is 0 Å². The van der Waals surface area contributed by atoms with Crippen LogP contribution in [0.4, 0.5) is 5.82 Å². The minimum absolute atomic E-state index is 0.291. The van der Waals surface area contributed by atoms with Gasteiger partial charge in [-0.1, -0.05) is 34.8 Å². The predicted molar refractivity (Wildman–Crippen MR) is 73.9 cm³/mol. The third kappa shape index (κ3) is 2.67. The van der Waals surface area contributed by atoms with Gasteiger partial charge in [-0.2, -0.15) is 0 Å². The first kappa shape index (κ1) is 13.4. The summed E-state index contributed by atoms with van der Waals surface area (Å²) in [4.78, 5) is 8.05. The fraction of sp³-hybridized carbons (Fsp3) is 0.0909. The Morgan fingerprint density at radius 3 is 2.28 bits per heavy atom. The number of aromatic nitrogens is 2. The second kappa shape index (κ2) is 5.28. The number of pyridine rings is 2. The molecule has 2 heterocycles. The molecule has 0 aliphatic heterocycles. The van der Waals surface area contributed by atoms with Crippen LogP contribution in [0.2, 0.25) is 15.1 Å². The average molecular weight is 304 g/mol. The minimum Gasteiger partial charge on any atom is -0.383 e. The molecule has 0 saturated heterocycles. The van der Waals surface area contributed by atoms with Gasteiger partial charge >= 0.3 is 0 Å². The van der Waals surface area contributed by atoms with Crippen molar-refractivity contribution in [1.29, 1.82) is 0 Å². The van der Waals surface area contributed by atoms with E-state index in [2.05, 4.69) is 9.97 Å². The van der Waals surface area contributed by atoms with E-state index in [0.29, 0.717) is 32.1 Å². The first-order valence-electron chi connectivity index (χ1n) is 4.96. The van der Waals surface area contributed by atoms with Crippen molar-refractivity contribution in [3.8, 4) is 0 Å². The molecule has 4 N–H and O–H groups in total. The summed E-state index contributed by atoms with van der Waals surface area (Å²) in [6, 6.07) is 2.60. The van der Waals surface area contributed by atoms with Crippen molar-refractivity contribution < 1.29 is 0 Å². The quantitative estimate of drug-likeness (QED) is 0.893. The van der Waals surface area contributed by atoms with E-state index in [-0.39, 0.29) is 0 Å². The van der Waals surface area contributed by atoms with Crippen molar-refractivity contribution >= 4 is 40.6 Å². The molecule has 0 spiro atoms. The highest BCUT2D eigenvalue weighted by Gasteiger charge is 2.18. The smallest absolute Gasteiger partial charge is 0.128 e. The van der Waals surface area contributed by atoms with E-state index < -0.39 is 6.04 Å². The molecule has 0 radical (unpaired) electrons. The summed E-state index contributed by atoms with van der Waals surface area (Å²) < 4.78 is 0. The van der Waals surface area contributed by atoms with Crippen molar-refractivity contribution in [3.05, 3.63) is 50.9 Å². The van der Waals surface area contributed by atoms with Crippen LogP contribution in [0.1, 0.15) is 17.3 Å². The van der Waals surface area contributed by atoms with Crippen molar-refractivity contribution in [2.45, 2.75) is 6.04 Å². The second-order valence-electron chi connectivity index (χ2n) is 3.63. The fourth-order valence-electron chi connectivity index (χ4n) is 1.52. The maximum atomic E-state index is 6.07. The van der Waals surface area contributed by atoms with Gasteiger partial charge in [-0.05, 0) is 12.1 Å². The van der Waals surface area contributed by atoms with E-state index in [4.69, 9.17) is 46.3 Å². The van der Waals surface area contributed by atoms with E-state index in [1.54, 1.807) is 12.1 Å². The minimum atomic E-state index is -0.610. The molecular weight excluding hydrogens is 295 g/mol. The zero-order valence-corrected chi connectivity index (χ0v) is 11.3. The highest BCUT2D eigenvalue weighted by Crippen LogP contribution is 2.29. The van der Waals surface area contributed by atoms with Gasteiger partial charge in [-0.3, -0.25) is 4.98 Å². The molecule has 1 atom stereocenters. The number of nitrogens with two attached hydrogens (primary N) is 2. The Kier molecular flexibility index (Phi) is 3.92. The van der Waals surface area contributed by atoms with Crippen LogP contribution in [-0.4, -0.2) is 9.97 Å². The Labute approximate surface area is 119 Å². The summed E-state index contributed by atoms with van der Waals surface area (Å²) in [6.45, 7) is 0. The van der Waals surface area contributed by atoms with Gasteiger partial charge in [0.25, 0.3) is 0 Å². The van der Waals surface area contributed by atoms with Crippen molar-refractivity contribution in [1.82, 2.24) is 9.97 Å². The topological polar surface area (TPSA) is 77.8 Å². The molecule has 0 amide bonds. The van der Waals surface area contributed by atoms with Gasteiger partial charge in [0.05, 0.1) is 26.8 Å². The third-order valence-corrected chi connectivity index (χ3v) is 3.10. The monoisotopic (exact) mass is 302 g/mol. The van der Waals surface area contributed by atoms with Crippen LogP contribution >= 0.6 is 34.8 Å². The second-order valence-corrected chi connectivity index (χ2v) is 4.91. The number of halogens is 3. The van der Waals surface area contributed by atoms with Crippen LogP contribution in [0.5, 0.6) is 0 Å². The molecule has 0 bridgehead atoms. The lowest BCUT2D eigenvalue weighted by Gasteiger charge is -2.15. The van der Waals surface area contributed by atoms with E-state index in [9.17, 15) is 0 Å². The molecule has 0 fully saturated rings. The molecular formula is C11H9Cl3N4. The number of nitrogen functional groups attached to an aromatic ring is 1. The molecule has 7 heteroatoms. The van der Waals surface area contributed by atoms with Gasteiger partial charge in [-0.15, -0.1) is 0 Å². The molecule has 1 unspecified atom stereocenters. The van der Waals surface area contributed by atoms with Gasteiger partial charge in [0.1, 0.15) is 5.82 Å². The lowest BCUT2D eigenvalue weighted by molar-refractivity contribution is 0.827. The Hall–Kier alpha value is -1.07. The van der Waals surface area contributed by atoms with E-state index in [1.807, 2.05) is 0 Å². The van der Waals surface area contributed by atoms with E-state index >= 15 is 0 Å². The summed E-state index contributed by atoms with van der Waals surface area (Å²) >= 11 is 17.7. The van der Waals surface area contributed by atoms with Gasteiger partial charge in [-0.25, -0.2) is 4.98 Å². The van der Waals surface area contributed by atoms with Crippen LogP contribution in [0.3, 0.4) is 0 Å². The highest BCUT2D eigenvalue weighted by atomic mass is 35.5. The first-order valence-corrected chi connectivity index (χ1v) is 6.10. The predicted octanol–water partition coefficient (Wildman–Crippen LogP) is 3.07. The number of hydrogen-bond donors (Lipinski definition) is 2. The molecule has 0 saturated carbocycles. The lowest BCUT2D eigenvalue weighted by Crippen LogP contribution is -2.16. The van der Waals surface area contributed by atoms with Crippen LogP contribution in [0, 0.1) is 0 Å². The summed E-state index contributed by atoms with van der Waals surface area (Å²) in [5, 5.41) is 1.25. The Bertz CT molecular complexity index is 588. The molecule has 0 aliphatic rings. The Morgan fingerprint density at radius 1 is 1.00 bits per heavy atom. The molecule has 2 aromatic heterocycles. The number of anilines is 1. The lowest BCUT2D eigenvalue weighted by atomic mass is 10.1. The summed E-state index contributed by atoms with van der Waals surface area (Å²) in [5.74, 6) is 0.291. The zero-order chi connectivity index (χ0) is 13.3. The third-order valence-electron chi connectivity index (χ3n) is 2.38. The zero-order valence-electron chi connectivity index (χ0n) is 9.07. The summed E-state index contributed by atoms with van der Waals surface area (Å²) in [5.41, 5.74) is 12.9. The van der Waals surface area contributed by atoms with Crippen molar-refractivity contribution in [3.63, 3.8) is 0 Å². The normalized spacial score (nSPS) is 12.4. The van der Waals surface area contributed by atoms with Gasteiger partial charge in [0.2, 0.25) is 0 Å². The standard InChI is InChI=1S/C11H9Cl3N4/c12-5-1-7(11(16)18-4-5)9(15)10-8(14)2-6(13)3-17-10/h1-4,9H,15H2,(H2,16,18). The number of nitrogens with zero attached hydrogens (tertiary/aromatic N) is 2. The van der Waals surface area contributed by atoms with Crippen LogP contribution in [0.15, 0.2) is 24.5 Å². The largest absolute Gasteiger partial charge is 0.383 e. The van der Waals surface area contributed by atoms with Crippen LogP contribution in [0.25, 0.3) is 0 Å². The molecule has 0 aromatic carbocycles. The van der Waals surface area contributed by atoms with Crippen molar-refractivity contribution in [2.24, 2.45) is 5.73 Å². The number of rotatable bonds is 2. The molecule has 18 heavy (non-hydrogen) atoms. The van der Waals surface area contributed by atoms with Crippen LogP contribution in [-0.2, 0) is 0 Å². The molecule has 94 valence electrons. The highest BCUT2D eigenvalue weighted by molar-refractivity contribution is 6.34. The Morgan fingerprint density at radius 2 is 1.61 bits per heavy atom. The summed E-state index contributed by atoms with van der Waals surface area (Å²) in [6.07, 6.45) is 2.92. The molecule has 2 aromatic rings. The Balaban J connectivity index is 2.47. The van der Waals surface area contributed by atoms with Crippen LogP contribution < -0.4 is 11.5 Å². The summed E-state index contributed by atoms with van der Waals surface area (Å²) in [7, 11) is 0. The van der Waals surface area contributed by atoms with Crippen molar-refractivity contribution in [2.75, 3.05) is 5.73 Å². The maximum Gasteiger partial charge on any atom is 0.128 e. The first-order chi connectivity index (χ1) is 8.49. The fourth-order valence-corrected chi connectivity index (χ4v) is 2.18. The molecule has 0 aliphatic carbocycles. The SMILES string of the molecule is Nc1ncc(Cl)cc1C(N)c1ncc(Cl)cc1Cl. The van der Waals surface area contributed by atoms with Gasteiger partial charge < -0.3 is 11.5 Å². The van der Waals surface area contributed by atoms with E-state index in [0.717, 1.165) is 0 Å². The maximum absolute atomic E-state index is 6.07. The molecule has 4 nitrogen and oxygen atoms in total. The molecule has 2 rings (SSSR count). The van der Waals surface area contributed by atoms with E-state index in [1.165, 1.54) is 12.4 Å². The number of hydrogen-bond acceptors (Lipinski definition) is 4. The van der Waals surface area contributed by atoms with Gasteiger partial charge in [0, 0.05) is 18.0 Å².